The SMILES string of the molecule is CC(c1ccccc1)C(CN)NC1CCCCCC1. The van der Waals surface area contributed by atoms with Crippen molar-refractivity contribution in [2.24, 2.45) is 5.73 Å². The van der Waals surface area contributed by atoms with Gasteiger partial charge in [-0.05, 0) is 24.3 Å². The van der Waals surface area contributed by atoms with Gasteiger partial charge in [-0.3, -0.25) is 0 Å². The summed E-state index contributed by atoms with van der Waals surface area (Å²) in [6, 6.07) is 11.8. The van der Waals surface area contributed by atoms with E-state index in [9.17, 15) is 0 Å². The van der Waals surface area contributed by atoms with Gasteiger partial charge < -0.3 is 11.1 Å². The molecule has 1 fully saturated rings. The van der Waals surface area contributed by atoms with Gasteiger partial charge in [0.25, 0.3) is 0 Å². The lowest BCUT2D eigenvalue weighted by atomic mass is 9.92. The Morgan fingerprint density at radius 3 is 2.32 bits per heavy atom. The second-order valence-electron chi connectivity index (χ2n) is 5.90. The van der Waals surface area contributed by atoms with Crippen LogP contribution in [0.5, 0.6) is 0 Å². The molecule has 1 aromatic carbocycles. The normalized spacial score (nSPS) is 20.7. The van der Waals surface area contributed by atoms with Crippen molar-refractivity contribution in [3.8, 4) is 0 Å². The van der Waals surface area contributed by atoms with Crippen molar-refractivity contribution in [1.29, 1.82) is 0 Å². The minimum Gasteiger partial charge on any atom is -0.329 e. The van der Waals surface area contributed by atoms with E-state index in [-0.39, 0.29) is 0 Å². The van der Waals surface area contributed by atoms with Crippen LogP contribution in [0.2, 0.25) is 0 Å². The van der Waals surface area contributed by atoms with Crippen LogP contribution in [0.15, 0.2) is 30.3 Å². The summed E-state index contributed by atoms with van der Waals surface area (Å²) >= 11 is 0. The molecule has 19 heavy (non-hydrogen) atoms. The van der Waals surface area contributed by atoms with Crippen molar-refractivity contribution in [3.05, 3.63) is 35.9 Å². The van der Waals surface area contributed by atoms with E-state index in [1.165, 1.54) is 44.1 Å². The molecule has 106 valence electrons. The molecule has 2 rings (SSSR count). The molecule has 0 spiro atoms. The first-order chi connectivity index (χ1) is 9.31. The maximum Gasteiger partial charge on any atom is 0.0258 e. The second-order valence-corrected chi connectivity index (χ2v) is 5.90. The molecule has 2 atom stereocenters. The third kappa shape index (κ3) is 4.32. The van der Waals surface area contributed by atoms with E-state index in [0.29, 0.717) is 24.5 Å². The summed E-state index contributed by atoms with van der Waals surface area (Å²) in [6.07, 6.45) is 8.18. The van der Waals surface area contributed by atoms with Crippen molar-refractivity contribution in [2.75, 3.05) is 6.54 Å². The van der Waals surface area contributed by atoms with Crippen molar-refractivity contribution in [1.82, 2.24) is 5.32 Å². The first kappa shape index (κ1) is 14.5. The minimum atomic E-state index is 0.394. The highest BCUT2D eigenvalue weighted by molar-refractivity contribution is 5.20. The molecule has 1 aromatic rings. The van der Waals surface area contributed by atoms with Gasteiger partial charge in [-0.25, -0.2) is 0 Å². The van der Waals surface area contributed by atoms with Gasteiger partial charge in [0.15, 0.2) is 0 Å². The van der Waals surface area contributed by atoms with E-state index in [1.807, 2.05) is 0 Å². The van der Waals surface area contributed by atoms with E-state index in [4.69, 9.17) is 5.73 Å². The minimum absolute atomic E-state index is 0.394. The molecular weight excluding hydrogens is 232 g/mol. The fraction of sp³-hybridized carbons (Fsp3) is 0.647. The molecule has 2 unspecified atom stereocenters. The van der Waals surface area contributed by atoms with Crippen LogP contribution in [-0.2, 0) is 0 Å². The fourth-order valence-electron chi connectivity index (χ4n) is 3.15. The summed E-state index contributed by atoms with van der Waals surface area (Å²) in [7, 11) is 0. The number of hydrogen-bond acceptors (Lipinski definition) is 2. The first-order valence-corrected chi connectivity index (χ1v) is 7.82. The van der Waals surface area contributed by atoms with Gasteiger partial charge >= 0.3 is 0 Å². The number of benzene rings is 1. The number of hydrogen-bond donors (Lipinski definition) is 2. The zero-order valence-corrected chi connectivity index (χ0v) is 12.1. The molecule has 0 radical (unpaired) electrons. The number of nitrogens with two attached hydrogens (primary N) is 1. The Balaban J connectivity index is 1.95. The Morgan fingerprint density at radius 2 is 1.74 bits per heavy atom. The van der Waals surface area contributed by atoms with Gasteiger partial charge in [0, 0.05) is 18.6 Å². The highest BCUT2D eigenvalue weighted by Gasteiger charge is 2.21. The van der Waals surface area contributed by atoms with Crippen molar-refractivity contribution in [3.63, 3.8) is 0 Å². The molecule has 2 nitrogen and oxygen atoms in total. The number of rotatable bonds is 5. The number of nitrogens with one attached hydrogen (secondary N) is 1. The van der Waals surface area contributed by atoms with Gasteiger partial charge in [-0.15, -0.1) is 0 Å². The van der Waals surface area contributed by atoms with Crippen LogP contribution >= 0.6 is 0 Å². The summed E-state index contributed by atoms with van der Waals surface area (Å²) in [5, 5.41) is 3.82. The molecule has 1 aliphatic carbocycles. The lowest BCUT2D eigenvalue weighted by Gasteiger charge is -2.29. The standard InChI is InChI=1S/C17H28N2/c1-14(15-9-5-4-6-10-15)17(13-18)19-16-11-7-2-3-8-12-16/h4-6,9-10,14,16-17,19H,2-3,7-8,11-13,18H2,1H3. The van der Waals surface area contributed by atoms with Crippen LogP contribution in [0, 0.1) is 0 Å². The van der Waals surface area contributed by atoms with Gasteiger partial charge in [0.05, 0.1) is 0 Å². The average molecular weight is 260 g/mol. The van der Waals surface area contributed by atoms with E-state index in [2.05, 4.69) is 42.6 Å². The van der Waals surface area contributed by atoms with Crippen LogP contribution in [0.4, 0.5) is 0 Å². The third-order valence-corrected chi connectivity index (χ3v) is 4.49. The van der Waals surface area contributed by atoms with Crippen LogP contribution in [0.1, 0.15) is 56.9 Å². The lowest BCUT2D eigenvalue weighted by Crippen LogP contribution is -2.45. The quantitative estimate of drug-likeness (QED) is 0.796. The molecule has 0 heterocycles. The topological polar surface area (TPSA) is 38.0 Å². The molecule has 1 aliphatic rings. The molecule has 3 N–H and O–H groups in total. The molecular formula is C17H28N2. The van der Waals surface area contributed by atoms with Crippen LogP contribution in [0.25, 0.3) is 0 Å². The van der Waals surface area contributed by atoms with E-state index in [1.54, 1.807) is 0 Å². The zero-order valence-electron chi connectivity index (χ0n) is 12.1. The van der Waals surface area contributed by atoms with E-state index < -0.39 is 0 Å². The highest BCUT2D eigenvalue weighted by Crippen LogP contribution is 2.22. The molecule has 0 amide bonds. The maximum atomic E-state index is 6.00. The smallest absolute Gasteiger partial charge is 0.0258 e. The third-order valence-electron chi connectivity index (χ3n) is 4.49. The zero-order chi connectivity index (χ0) is 13.5. The summed E-state index contributed by atoms with van der Waals surface area (Å²) < 4.78 is 0. The second kappa shape index (κ2) is 7.66. The predicted octanol–water partition coefficient (Wildman–Crippen LogP) is 3.43. The monoisotopic (exact) mass is 260 g/mol. The van der Waals surface area contributed by atoms with Crippen molar-refractivity contribution >= 4 is 0 Å². The summed E-state index contributed by atoms with van der Waals surface area (Å²) in [5.74, 6) is 0.481. The summed E-state index contributed by atoms with van der Waals surface area (Å²) in [5.41, 5.74) is 7.39. The Morgan fingerprint density at radius 1 is 1.11 bits per heavy atom. The van der Waals surface area contributed by atoms with E-state index >= 15 is 0 Å². The van der Waals surface area contributed by atoms with Crippen LogP contribution < -0.4 is 11.1 Å². The Bertz CT molecular complexity index is 342. The molecule has 0 saturated heterocycles. The van der Waals surface area contributed by atoms with Crippen LogP contribution in [-0.4, -0.2) is 18.6 Å². The molecule has 0 bridgehead atoms. The predicted molar refractivity (Wildman–Crippen MR) is 82.3 cm³/mol. The molecule has 0 aromatic heterocycles. The van der Waals surface area contributed by atoms with Gasteiger partial charge in [-0.1, -0.05) is 62.9 Å². The Kier molecular flexibility index (Phi) is 5.87. The maximum absolute atomic E-state index is 6.00. The summed E-state index contributed by atoms with van der Waals surface area (Å²) in [6.45, 7) is 3.00. The van der Waals surface area contributed by atoms with E-state index in [0.717, 1.165) is 0 Å². The summed E-state index contributed by atoms with van der Waals surface area (Å²) in [4.78, 5) is 0. The lowest BCUT2D eigenvalue weighted by molar-refractivity contribution is 0.365. The fourth-order valence-corrected chi connectivity index (χ4v) is 3.15. The van der Waals surface area contributed by atoms with Gasteiger partial charge in [-0.2, -0.15) is 0 Å². The van der Waals surface area contributed by atoms with Gasteiger partial charge in [0.2, 0.25) is 0 Å². The largest absolute Gasteiger partial charge is 0.329 e. The molecule has 1 saturated carbocycles. The Labute approximate surface area is 117 Å². The molecule has 0 aliphatic heterocycles. The van der Waals surface area contributed by atoms with Crippen molar-refractivity contribution in [2.45, 2.75) is 63.5 Å². The highest BCUT2D eigenvalue weighted by atomic mass is 15.0. The first-order valence-electron chi connectivity index (χ1n) is 7.82. The van der Waals surface area contributed by atoms with Gasteiger partial charge in [0.1, 0.15) is 0 Å². The van der Waals surface area contributed by atoms with Crippen LogP contribution in [0.3, 0.4) is 0 Å². The Hall–Kier alpha value is -0.860. The average Bonchev–Trinajstić information content (AvgIpc) is 2.73. The van der Waals surface area contributed by atoms with Crippen molar-refractivity contribution < 1.29 is 0 Å². The molecule has 2 heteroatoms.